The van der Waals surface area contributed by atoms with Crippen molar-refractivity contribution in [2.45, 2.75) is 31.9 Å². The Kier molecular flexibility index (Phi) is 7.89. The molecule has 1 aromatic carbocycles. The molecule has 1 aromatic rings. The van der Waals surface area contributed by atoms with Gasteiger partial charge < -0.3 is 24.8 Å². The summed E-state index contributed by atoms with van der Waals surface area (Å²) in [6.45, 7) is 7.35. The number of carbonyl (C=O) groups excluding carboxylic acids is 1. The van der Waals surface area contributed by atoms with Gasteiger partial charge in [-0.1, -0.05) is 30.3 Å². The normalized spacial score (nSPS) is 21.5. The molecule has 2 atom stereocenters. The molecule has 0 bridgehead atoms. The van der Waals surface area contributed by atoms with Crippen molar-refractivity contribution in [1.82, 2.24) is 20.0 Å². The van der Waals surface area contributed by atoms with Crippen molar-refractivity contribution in [3.8, 4) is 0 Å². The molecule has 0 aliphatic carbocycles. The zero-order chi connectivity index (χ0) is 20.6. The SMILES string of the molecule is CCNC(=NCC(c1ccccc1)N(C)C)N1CCN(C(=O)C2CCCO2)CC1. The van der Waals surface area contributed by atoms with Crippen molar-refractivity contribution in [2.24, 2.45) is 4.99 Å². The minimum absolute atomic E-state index is 0.154. The molecule has 7 nitrogen and oxygen atoms in total. The van der Waals surface area contributed by atoms with Crippen LogP contribution in [0.1, 0.15) is 31.4 Å². The summed E-state index contributed by atoms with van der Waals surface area (Å²) in [5.74, 6) is 1.08. The van der Waals surface area contributed by atoms with E-state index in [1.54, 1.807) is 0 Å². The number of likely N-dealkylation sites (N-methyl/N-ethyl adjacent to an activating group) is 1. The molecule has 1 N–H and O–H groups in total. The van der Waals surface area contributed by atoms with Crippen molar-refractivity contribution >= 4 is 11.9 Å². The second-order valence-corrected chi connectivity index (χ2v) is 7.90. The highest BCUT2D eigenvalue weighted by atomic mass is 16.5. The van der Waals surface area contributed by atoms with Crippen LogP contribution in [0.25, 0.3) is 0 Å². The Morgan fingerprint density at radius 1 is 1.21 bits per heavy atom. The van der Waals surface area contributed by atoms with Gasteiger partial charge in [-0.15, -0.1) is 0 Å². The van der Waals surface area contributed by atoms with Gasteiger partial charge in [-0.3, -0.25) is 9.79 Å². The van der Waals surface area contributed by atoms with Crippen LogP contribution >= 0.6 is 0 Å². The Balaban J connectivity index is 1.61. The summed E-state index contributed by atoms with van der Waals surface area (Å²) in [4.78, 5) is 23.9. The molecule has 0 aromatic heterocycles. The molecule has 2 fully saturated rings. The number of carbonyl (C=O) groups is 1. The van der Waals surface area contributed by atoms with Crippen LogP contribution in [0.2, 0.25) is 0 Å². The van der Waals surface area contributed by atoms with E-state index in [0.717, 1.165) is 51.5 Å². The van der Waals surface area contributed by atoms with E-state index in [4.69, 9.17) is 9.73 Å². The Hall–Kier alpha value is -2.12. The first-order valence-corrected chi connectivity index (χ1v) is 10.7. The summed E-state index contributed by atoms with van der Waals surface area (Å²) in [5.41, 5.74) is 1.27. The number of aliphatic imine (C=N–C) groups is 1. The van der Waals surface area contributed by atoms with Crippen LogP contribution < -0.4 is 5.32 Å². The monoisotopic (exact) mass is 401 g/mol. The Bertz CT molecular complexity index is 665. The lowest BCUT2D eigenvalue weighted by Gasteiger charge is -2.37. The highest BCUT2D eigenvalue weighted by Gasteiger charge is 2.31. The molecule has 2 unspecified atom stereocenters. The van der Waals surface area contributed by atoms with E-state index >= 15 is 0 Å². The number of benzene rings is 1. The zero-order valence-corrected chi connectivity index (χ0v) is 18.0. The van der Waals surface area contributed by atoms with Crippen molar-refractivity contribution in [3.63, 3.8) is 0 Å². The number of nitrogens with one attached hydrogen (secondary N) is 1. The van der Waals surface area contributed by atoms with Gasteiger partial charge in [0, 0.05) is 39.3 Å². The predicted octanol–water partition coefficient (Wildman–Crippen LogP) is 1.58. The number of ether oxygens (including phenoxy) is 1. The number of nitrogens with zero attached hydrogens (tertiary/aromatic N) is 4. The lowest BCUT2D eigenvalue weighted by atomic mass is 10.1. The maximum atomic E-state index is 12.6. The Labute approximate surface area is 174 Å². The third-order valence-corrected chi connectivity index (χ3v) is 5.65. The molecule has 1 amide bonds. The van der Waals surface area contributed by atoms with E-state index in [1.807, 2.05) is 11.0 Å². The van der Waals surface area contributed by atoms with E-state index < -0.39 is 0 Å². The summed E-state index contributed by atoms with van der Waals surface area (Å²) >= 11 is 0. The standard InChI is InChI=1S/C22H35N5O2/c1-4-23-22(24-17-19(25(2)3)18-9-6-5-7-10-18)27-14-12-26(13-15-27)21(28)20-11-8-16-29-20/h5-7,9-10,19-20H,4,8,11-17H2,1-3H3,(H,23,24). The quantitative estimate of drug-likeness (QED) is 0.579. The van der Waals surface area contributed by atoms with Crippen LogP contribution in [-0.2, 0) is 9.53 Å². The Morgan fingerprint density at radius 2 is 1.90 bits per heavy atom. The third-order valence-electron chi connectivity index (χ3n) is 5.65. The molecule has 2 heterocycles. The minimum Gasteiger partial charge on any atom is -0.368 e. The molecule has 7 heteroatoms. The van der Waals surface area contributed by atoms with Gasteiger partial charge in [-0.25, -0.2) is 0 Å². The van der Waals surface area contributed by atoms with Gasteiger partial charge in [0.1, 0.15) is 6.10 Å². The number of piperazine rings is 1. The highest BCUT2D eigenvalue weighted by molar-refractivity contribution is 5.82. The van der Waals surface area contributed by atoms with Crippen LogP contribution in [0, 0.1) is 0 Å². The first kappa shape index (κ1) is 21.6. The molecule has 2 aliphatic heterocycles. The van der Waals surface area contributed by atoms with Gasteiger partial charge in [-0.2, -0.15) is 0 Å². The maximum absolute atomic E-state index is 12.6. The van der Waals surface area contributed by atoms with Gasteiger partial charge in [0.2, 0.25) is 0 Å². The lowest BCUT2D eigenvalue weighted by molar-refractivity contribution is -0.142. The summed E-state index contributed by atoms with van der Waals surface area (Å²) in [6, 6.07) is 10.7. The van der Waals surface area contributed by atoms with Crippen LogP contribution in [0.15, 0.2) is 35.3 Å². The van der Waals surface area contributed by atoms with Crippen LogP contribution in [-0.4, -0.2) is 92.6 Å². The van der Waals surface area contributed by atoms with Crippen LogP contribution in [0.3, 0.4) is 0 Å². The second-order valence-electron chi connectivity index (χ2n) is 7.90. The summed E-state index contributed by atoms with van der Waals surface area (Å²) in [6.07, 6.45) is 1.62. The molecular weight excluding hydrogens is 366 g/mol. The molecule has 0 saturated carbocycles. The largest absolute Gasteiger partial charge is 0.368 e. The fourth-order valence-electron chi connectivity index (χ4n) is 3.96. The molecule has 160 valence electrons. The molecule has 0 radical (unpaired) electrons. The van der Waals surface area contributed by atoms with E-state index in [1.165, 1.54) is 5.56 Å². The first-order valence-electron chi connectivity index (χ1n) is 10.7. The average molecular weight is 402 g/mol. The molecule has 29 heavy (non-hydrogen) atoms. The van der Waals surface area contributed by atoms with Crippen molar-refractivity contribution < 1.29 is 9.53 Å². The number of guanidine groups is 1. The molecule has 0 spiro atoms. The fourth-order valence-corrected chi connectivity index (χ4v) is 3.96. The third kappa shape index (κ3) is 5.70. The number of hydrogen-bond donors (Lipinski definition) is 1. The van der Waals surface area contributed by atoms with Crippen molar-refractivity contribution in [1.29, 1.82) is 0 Å². The van der Waals surface area contributed by atoms with Gasteiger partial charge in [0.05, 0.1) is 12.6 Å². The van der Waals surface area contributed by atoms with Crippen molar-refractivity contribution in [3.05, 3.63) is 35.9 Å². The fraction of sp³-hybridized carbons (Fsp3) is 0.636. The predicted molar refractivity (Wildman–Crippen MR) is 116 cm³/mol. The van der Waals surface area contributed by atoms with E-state index in [9.17, 15) is 4.79 Å². The van der Waals surface area contributed by atoms with Gasteiger partial charge in [0.25, 0.3) is 5.91 Å². The van der Waals surface area contributed by atoms with Crippen LogP contribution in [0.4, 0.5) is 0 Å². The molecule has 2 saturated heterocycles. The van der Waals surface area contributed by atoms with Gasteiger partial charge in [-0.05, 0) is 39.4 Å². The smallest absolute Gasteiger partial charge is 0.251 e. The van der Waals surface area contributed by atoms with E-state index in [2.05, 4.69) is 60.4 Å². The summed E-state index contributed by atoms with van der Waals surface area (Å²) in [7, 11) is 4.19. The van der Waals surface area contributed by atoms with Crippen molar-refractivity contribution in [2.75, 3.05) is 60.0 Å². The summed E-state index contributed by atoms with van der Waals surface area (Å²) in [5, 5.41) is 3.43. The van der Waals surface area contributed by atoms with E-state index in [0.29, 0.717) is 13.2 Å². The minimum atomic E-state index is -0.227. The molecule has 3 rings (SSSR count). The topological polar surface area (TPSA) is 60.4 Å². The highest BCUT2D eigenvalue weighted by Crippen LogP contribution is 2.19. The average Bonchev–Trinajstić information content (AvgIpc) is 3.28. The first-order chi connectivity index (χ1) is 14.1. The Morgan fingerprint density at radius 3 is 2.48 bits per heavy atom. The number of amides is 1. The van der Waals surface area contributed by atoms with Gasteiger partial charge >= 0.3 is 0 Å². The zero-order valence-electron chi connectivity index (χ0n) is 18.0. The molecule has 2 aliphatic rings. The lowest BCUT2D eigenvalue weighted by Crippen LogP contribution is -2.55. The summed E-state index contributed by atoms with van der Waals surface area (Å²) < 4.78 is 5.56. The number of hydrogen-bond acceptors (Lipinski definition) is 4. The number of rotatable bonds is 6. The van der Waals surface area contributed by atoms with Gasteiger partial charge in [0.15, 0.2) is 5.96 Å². The van der Waals surface area contributed by atoms with Crippen LogP contribution in [0.5, 0.6) is 0 Å². The second kappa shape index (κ2) is 10.6. The molecular formula is C22H35N5O2. The van der Waals surface area contributed by atoms with E-state index in [-0.39, 0.29) is 18.1 Å². The maximum Gasteiger partial charge on any atom is 0.251 e.